The zero-order valence-corrected chi connectivity index (χ0v) is 18.1. The lowest BCUT2D eigenvalue weighted by molar-refractivity contribution is -0.116. The van der Waals surface area contributed by atoms with Gasteiger partial charge in [0.25, 0.3) is 5.91 Å². The van der Waals surface area contributed by atoms with E-state index in [0.717, 1.165) is 5.56 Å². The Kier molecular flexibility index (Phi) is 6.80. The lowest BCUT2D eigenvalue weighted by atomic mass is 10.1. The summed E-state index contributed by atoms with van der Waals surface area (Å²) in [4.78, 5) is 29.6. The van der Waals surface area contributed by atoms with Gasteiger partial charge in [-0.15, -0.1) is 0 Å². The number of aromatic nitrogens is 1. The van der Waals surface area contributed by atoms with Crippen molar-refractivity contribution in [2.24, 2.45) is 0 Å². The largest absolute Gasteiger partial charge is 0.497 e. The summed E-state index contributed by atoms with van der Waals surface area (Å²) in [6.45, 7) is 0. The fourth-order valence-corrected chi connectivity index (χ4v) is 3.28. The summed E-state index contributed by atoms with van der Waals surface area (Å²) in [5, 5.41) is 5.64. The van der Waals surface area contributed by atoms with Gasteiger partial charge in [0.1, 0.15) is 5.75 Å². The highest BCUT2D eigenvalue weighted by atomic mass is 16.5. The molecule has 0 fully saturated rings. The number of nitrogens with one attached hydrogen (secondary N) is 2. The normalized spacial score (nSPS) is 10.5. The Morgan fingerprint density at radius 2 is 1.73 bits per heavy atom. The molecule has 2 N–H and O–H groups in total. The van der Waals surface area contributed by atoms with Gasteiger partial charge < -0.3 is 19.8 Å². The zero-order valence-electron chi connectivity index (χ0n) is 18.1. The molecule has 0 atom stereocenters. The summed E-state index contributed by atoms with van der Waals surface area (Å²) in [6.07, 6.45) is 2.16. The summed E-state index contributed by atoms with van der Waals surface area (Å²) in [7, 11) is 1.56. The number of aryl methyl sites for hydroxylation is 1. The van der Waals surface area contributed by atoms with Crippen molar-refractivity contribution in [3.8, 4) is 17.1 Å². The van der Waals surface area contributed by atoms with Gasteiger partial charge in [-0.05, 0) is 24.3 Å². The van der Waals surface area contributed by atoms with E-state index in [9.17, 15) is 9.59 Å². The van der Waals surface area contributed by atoms with Crippen LogP contribution >= 0.6 is 0 Å². The third-order valence-electron chi connectivity index (χ3n) is 4.95. The Balaban J connectivity index is 1.38. The molecule has 7 heteroatoms. The molecular weight excluding hydrogens is 418 g/mol. The molecule has 1 aromatic heterocycles. The Morgan fingerprint density at radius 3 is 2.55 bits per heavy atom. The number of amides is 2. The van der Waals surface area contributed by atoms with Crippen LogP contribution in [0.3, 0.4) is 0 Å². The van der Waals surface area contributed by atoms with Gasteiger partial charge in [-0.3, -0.25) is 9.59 Å². The smallest absolute Gasteiger partial charge is 0.257 e. The zero-order chi connectivity index (χ0) is 23.0. The Bertz CT molecular complexity index is 1250. The van der Waals surface area contributed by atoms with Crippen molar-refractivity contribution in [3.05, 3.63) is 96.5 Å². The van der Waals surface area contributed by atoms with E-state index >= 15 is 0 Å². The molecule has 4 aromatic rings. The molecule has 0 aliphatic carbocycles. The molecular formula is C26H23N3O4. The Labute approximate surface area is 191 Å². The average Bonchev–Trinajstić information content (AvgIpc) is 3.33. The lowest BCUT2D eigenvalue weighted by Crippen LogP contribution is -2.18. The molecule has 4 rings (SSSR count). The van der Waals surface area contributed by atoms with Crippen LogP contribution in [0.25, 0.3) is 11.3 Å². The molecule has 7 nitrogen and oxygen atoms in total. The number of oxazole rings is 1. The number of benzene rings is 3. The molecule has 0 aliphatic heterocycles. The van der Waals surface area contributed by atoms with Crippen molar-refractivity contribution in [1.29, 1.82) is 0 Å². The number of methoxy groups -OCH3 is 1. The van der Waals surface area contributed by atoms with E-state index in [4.69, 9.17) is 9.15 Å². The summed E-state index contributed by atoms with van der Waals surface area (Å²) in [6, 6.07) is 23.6. The van der Waals surface area contributed by atoms with Gasteiger partial charge in [0.2, 0.25) is 5.91 Å². The number of rotatable bonds is 8. The van der Waals surface area contributed by atoms with E-state index < -0.39 is 0 Å². The molecule has 0 saturated carbocycles. The minimum Gasteiger partial charge on any atom is -0.497 e. The summed E-state index contributed by atoms with van der Waals surface area (Å²) in [5.74, 6) is 1.20. The highest BCUT2D eigenvalue weighted by Gasteiger charge is 2.15. The lowest BCUT2D eigenvalue weighted by Gasteiger charge is -2.12. The minimum atomic E-state index is -0.334. The fourth-order valence-electron chi connectivity index (χ4n) is 3.28. The first-order valence-electron chi connectivity index (χ1n) is 10.5. The number of nitrogens with zero attached hydrogens (tertiary/aromatic N) is 1. The van der Waals surface area contributed by atoms with Gasteiger partial charge in [0.05, 0.1) is 24.6 Å². The molecule has 1 heterocycles. The number of anilines is 2. The number of ether oxygens (including phenoxy) is 1. The fraction of sp³-hybridized carbons (Fsp3) is 0.115. The van der Waals surface area contributed by atoms with Crippen molar-refractivity contribution in [2.45, 2.75) is 12.8 Å². The molecule has 0 spiro atoms. The Morgan fingerprint density at radius 1 is 0.939 bits per heavy atom. The maximum absolute atomic E-state index is 12.8. The second kappa shape index (κ2) is 10.3. The van der Waals surface area contributed by atoms with Crippen molar-refractivity contribution in [2.75, 3.05) is 17.7 Å². The predicted molar refractivity (Wildman–Crippen MR) is 126 cm³/mol. The quantitative estimate of drug-likeness (QED) is 0.393. The van der Waals surface area contributed by atoms with E-state index in [0.29, 0.717) is 40.8 Å². The number of carbonyl (C=O) groups excluding carboxylic acids is 2. The molecule has 0 bridgehead atoms. The van der Waals surface area contributed by atoms with Crippen molar-refractivity contribution >= 4 is 23.2 Å². The number of carbonyl (C=O) groups is 2. The van der Waals surface area contributed by atoms with Crippen LogP contribution in [0.5, 0.6) is 5.75 Å². The predicted octanol–water partition coefficient (Wildman–Crippen LogP) is 5.17. The minimum absolute atomic E-state index is 0.167. The van der Waals surface area contributed by atoms with Crippen LogP contribution in [0, 0.1) is 0 Å². The molecule has 3 aromatic carbocycles. The number of hydrogen-bond donors (Lipinski definition) is 2. The topological polar surface area (TPSA) is 93.5 Å². The van der Waals surface area contributed by atoms with Crippen LogP contribution in [-0.4, -0.2) is 23.9 Å². The van der Waals surface area contributed by atoms with Crippen molar-refractivity contribution in [3.63, 3.8) is 0 Å². The maximum Gasteiger partial charge on any atom is 0.257 e. The molecule has 33 heavy (non-hydrogen) atoms. The standard InChI is InChI=1S/C26H23N3O4/c1-32-20-11-7-10-19(16-20)28-26(31)21-12-5-6-13-22(21)29-24(30)14-15-25-27-17-23(33-25)18-8-3-2-4-9-18/h2-13,16-17H,14-15H2,1H3,(H,28,31)(H,29,30). The molecule has 166 valence electrons. The van der Waals surface area contributed by atoms with Gasteiger partial charge in [-0.1, -0.05) is 48.5 Å². The van der Waals surface area contributed by atoms with Gasteiger partial charge in [-0.25, -0.2) is 4.98 Å². The van der Waals surface area contributed by atoms with E-state index in [1.807, 2.05) is 30.3 Å². The van der Waals surface area contributed by atoms with Gasteiger partial charge in [0, 0.05) is 30.2 Å². The van der Waals surface area contributed by atoms with E-state index in [1.54, 1.807) is 61.8 Å². The van der Waals surface area contributed by atoms with Crippen LogP contribution in [0.2, 0.25) is 0 Å². The first-order chi connectivity index (χ1) is 16.1. The SMILES string of the molecule is COc1cccc(NC(=O)c2ccccc2NC(=O)CCc2ncc(-c3ccccc3)o2)c1. The van der Waals surface area contributed by atoms with E-state index in [2.05, 4.69) is 15.6 Å². The van der Waals surface area contributed by atoms with Crippen LogP contribution in [0.15, 0.2) is 89.5 Å². The summed E-state index contributed by atoms with van der Waals surface area (Å²) >= 11 is 0. The van der Waals surface area contributed by atoms with Crippen LogP contribution < -0.4 is 15.4 Å². The number of para-hydroxylation sites is 1. The molecule has 0 radical (unpaired) electrons. The van der Waals surface area contributed by atoms with Crippen LogP contribution in [0.1, 0.15) is 22.7 Å². The van der Waals surface area contributed by atoms with E-state index in [1.165, 1.54) is 0 Å². The van der Waals surface area contributed by atoms with Gasteiger partial charge >= 0.3 is 0 Å². The third-order valence-corrected chi connectivity index (χ3v) is 4.95. The number of hydrogen-bond acceptors (Lipinski definition) is 5. The van der Waals surface area contributed by atoms with Crippen LogP contribution in [0.4, 0.5) is 11.4 Å². The average molecular weight is 441 g/mol. The molecule has 0 saturated heterocycles. The summed E-state index contributed by atoms with van der Waals surface area (Å²) < 4.78 is 10.9. The molecule has 0 unspecified atom stereocenters. The van der Waals surface area contributed by atoms with E-state index in [-0.39, 0.29) is 18.2 Å². The first kappa shape index (κ1) is 21.8. The van der Waals surface area contributed by atoms with Crippen LogP contribution in [-0.2, 0) is 11.2 Å². The molecule has 2 amide bonds. The maximum atomic E-state index is 12.8. The second-order valence-electron chi connectivity index (χ2n) is 7.26. The van der Waals surface area contributed by atoms with Gasteiger partial charge in [-0.2, -0.15) is 0 Å². The second-order valence-corrected chi connectivity index (χ2v) is 7.26. The Hall–Kier alpha value is -4.39. The van der Waals surface area contributed by atoms with Crippen molar-refractivity contribution < 1.29 is 18.7 Å². The third kappa shape index (κ3) is 5.65. The summed E-state index contributed by atoms with van der Waals surface area (Å²) in [5.41, 5.74) is 2.31. The highest BCUT2D eigenvalue weighted by molar-refractivity contribution is 6.10. The highest BCUT2D eigenvalue weighted by Crippen LogP contribution is 2.22. The molecule has 0 aliphatic rings. The monoisotopic (exact) mass is 441 g/mol. The van der Waals surface area contributed by atoms with Gasteiger partial charge in [0.15, 0.2) is 11.7 Å². The van der Waals surface area contributed by atoms with Crippen molar-refractivity contribution in [1.82, 2.24) is 4.98 Å². The first-order valence-corrected chi connectivity index (χ1v) is 10.5.